The minimum absolute atomic E-state index is 0.0418. The minimum Gasteiger partial charge on any atom is -0.480 e. The summed E-state index contributed by atoms with van der Waals surface area (Å²) in [6, 6.07) is 3.47. The highest BCUT2D eigenvalue weighted by molar-refractivity contribution is 5.87. The van der Waals surface area contributed by atoms with Crippen molar-refractivity contribution in [2.75, 3.05) is 0 Å². The second kappa shape index (κ2) is 6.20. The maximum atomic E-state index is 13.0. The molecule has 1 aliphatic rings. The van der Waals surface area contributed by atoms with Crippen LogP contribution in [0.25, 0.3) is 0 Å². The summed E-state index contributed by atoms with van der Waals surface area (Å²) in [5, 5.41) is 11.8. The Morgan fingerprint density at radius 2 is 1.86 bits per heavy atom. The molecule has 2 rings (SSSR count). The molecule has 0 unspecified atom stereocenters. The third-order valence-electron chi connectivity index (χ3n) is 3.87. The lowest BCUT2D eigenvalue weighted by molar-refractivity contribution is -0.147. The number of benzene rings is 1. The Kier molecular flexibility index (Phi) is 4.55. The number of carboxylic acid groups (broad SMARTS) is 1. The number of nitrogens with one attached hydrogen (secondary N) is 1. The van der Waals surface area contributed by atoms with Crippen molar-refractivity contribution >= 4 is 11.9 Å². The molecule has 0 aromatic heterocycles. The molecule has 4 nitrogen and oxygen atoms in total. The molecular formula is C15H17F2NO3. The zero-order chi connectivity index (χ0) is 15.5. The van der Waals surface area contributed by atoms with Crippen LogP contribution in [-0.2, 0) is 16.0 Å². The molecule has 1 aromatic rings. The predicted octanol–water partition coefficient (Wildman–Crippen LogP) is 2.41. The lowest BCUT2D eigenvalue weighted by Gasteiger charge is -2.25. The molecule has 1 amide bonds. The molecule has 0 spiro atoms. The zero-order valence-corrected chi connectivity index (χ0v) is 11.5. The quantitative estimate of drug-likeness (QED) is 0.877. The number of aliphatic carboxylic acids is 1. The molecular weight excluding hydrogens is 280 g/mol. The Labute approximate surface area is 121 Å². The first-order chi connectivity index (χ1) is 9.93. The van der Waals surface area contributed by atoms with Gasteiger partial charge >= 0.3 is 5.97 Å². The zero-order valence-electron chi connectivity index (χ0n) is 11.5. The first kappa shape index (κ1) is 15.4. The monoisotopic (exact) mass is 297 g/mol. The highest BCUT2D eigenvalue weighted by atomic mass is 19.2. The predicted molar refractivity (Wildman–Crippen MR) is 71.7 cm³/mol. The lowest BCUT2D eigenvalue weighted by atomic mass is 9.97. The largest absolute Gasteiger partial charge is 0.480 e. The van der Waals surface area contributed by atoms with Crippen LogP contribution in [-0.4, -0.2) is 22.5 Å². The van der Waals surface area contributed by atoms with E-state index in [0.29, 0.717) is 18.4 Å². The van der Waals surface area contributed by atoms with Gasteiger partial charge in [0.1, 0.15) is 5.54 Å². The maximum absolute atomic E-state index is 13.0. The van der Waals surface area contributed by atoms with Crippen molar-refractivity contribution < 1.29 is 23.5 Å². The van der Waals surface area contributed by atoms with Crippen LogP contribution in [0.1, 0.15) is 37.7 Å². The summed E-state index contributed by atoms with van der Waals surface area (Å²) >= 11 is 0. The Hall–Kier alpha value is -1.98. The Balaban J connectivity index is 1.92. The summed E-state index contributed by atoms with van der Waals surface area (Å²) in [4.78, 5) is 23.2. The van der Waals surface area contributed by atoms with Gasteiger partial charge < -0.3 is 10.4 Å². The fourth-order valence-corrected chi connectivity index (χ4v) is 2.65. The molecule has 6 heteroatoms. The van der Waals surface area contributed by atoms with Gasteiger partial charge in [-0.2, -0.15) is 0 Å². The number of amides is 1. The van der Waals surface area contributed by atoms with Gasteiger partial charge in [-0.3, -0.25) is 4.79 Å². The fraction of sp³-hybridized carbons (Fsp3) is 0.467. The SMILES string of the molecule is O=C(CCc1ccc(F)c(F)c1)NC1(C(=O)O)CCCC1. The topological polar surface area (TPSA) is 66.4 Å². The van der Waals surface area contributed by atoms with E-state index in [-0.39, 0.29) is 18.7 Å². The van der Waals surface area contributed by atoms with Gasteiger partial charge in [0.25, 0.3) is 0 Å². The van der Waals surface area contributed by atoms with E-state index in [1.807, 2.05) is 0 Å². The summed E-state index contributed by atoms with van der Waals surface area (Å²) in [6.45, 7) is 0. The number of halogens is 2. The second-order valence-electron chi connectivity index (χ2n) is 5.39. The molecule has 1 fully saturated rings. The average Bonchev–Trinajstić information content (AvgIpc) is 2.90. The first-order valence-corrected chi connectivity index (χ1v) is 6.91. The average molecular weight is 297 g/mol. The number of hydrogen-bond acceptors (Lipinski definition) is 2. The third-order valence-corrected chi connectivity index (χ3v) is 3.87. The lowest BCUT2D eigenvalue weighted by Crippen LogP contribution is -2.52. The van der Waals surface area contributed by atoms with Gasteiger partial charge in [0.15, 0.2) is 11.6 Å². The number of carboxylic acids is 1. The van der Waals surface area contributed by atoms with E-state index in [0.717, 1.165) is 25.0 Å². The smallest absolute Gasteiger partial charge is 0.329 e. The van der Waals surface area contributed by atoms with Gasteiger partial charge in [-0.15, -0.1) is 0 Å². The van der Waals surface area contributed by atoms with Crippen LogP contribution in [0.2, 0.25) is 0 Å². The van der Waals surface area contributed by atoms with Crippen LogP contribution < -0.4 is 5.32 Å². The molecule has 114 valence electrons. The van der Waals surface area contributed by atoms with Crippen molar-refractivity contribution in [3.8, 4) is 0 Å². The van der Waals surface area contributed by atoms with Crippen LogP contribution in [0, 0.1) is 11.6 Å². The van der Waals surface area contributed by atoms with Gasteiger partial charge in [0.2, 0.25) is 5.91 Å². The van der Waals surface area contributed by atoms with Crippen molar-refractivity contribution in [3.05, 3.63) is 35.4 Å². The highest BCUT2D eigenvalue weighted by Gasteiger charge is 2.42. The summed E-state index contributed by atoms with van der Waals surface area (Å²) in [7, 11) is 0. The van der Waals surface area contributed by atoms with Crippen molar-refractivity contribution in [3.63, 3.8) is 0 Å². The normalized spacial score (nSPS) is 16.7. The van der Waals surface area contributed by atoms with E-state index >= 15 is 0 Å². The Bertz CT molecular complexity index is 554. The van der Waals surface area contributed by atoms with Gasteiger partial charge in [0, 0.05) is 6.42 Å². The van der Waals surface area contributed by atoms with Crippen molar-refractivity contribution in [1.29, 1.82) is 0 Å². The van der Waals surface area contributed by atoms with Crippen LogP contribution in [0.5, 0.6) is 0 Å². The molecule has 0 radical (unpaired) electrons. The van der Waals surface area contributed by atoms with E-state index in [2.05, 4.69) is 5.32 Å². The first-order valence-electron chi connectivity index (χ1n) is 6.91. The molecule has 0 saturated heterocycles. The number of carbonyl (C=O) groups is 2. The molecule has 1 aliphatic carbocycles. The number of aryl methyl sites for hydroxylation is 1. The van der Waals surface area contributed by atoms with Gasteiger partial charge in [-0.1, -0.05) is 18.9 Å². The summed E-state index contributed by atoms with van der Waals surface area (Å²) in [5.41, 5.74) is -0.662. The molecule has 0 heterocycles. The van der Waals surface area contributed by atoms with E-state index in [1.165, 1.54) is 6.07 Å². The standard InChI is InChI=1S/C15H17F2NO3/c16-11-5-3-10(9-12(11)17)4-6-13(19)18-15(14(20)21)7-1-2-8-15/h3,5,9H,1-2,4,6-8H2,(H,18,19)(H,20,21). The molecule has 1 aromatic carbocycles. The van der Waals surface area contributed by atoms with Crippen molar-refractivity contribution in [2.24, 2.45) is 0 Å². The van der Waals surface area contributed by atoms with Crippen LogP contribution in [0.4, 0.5) is 8.78 Å². The Morgan fingerprint density at radius 3 is 2.43 bits per heavy atom. The minimum atomic E-state index is -1.16. The number of rotatable bonds is 5. The van der Waals surface area contributed by atoms with Crippen LogP contribution in [0.15, 0.2) is 18.2 Å². The van der Waals surface area contributed by atoms with Gasteiger partial charge in [-0.25, -0.2) is 13.6 Å². The van der Waals surface area contributed by atoms with Crippen LogP contribution in [0.3, 0.4) is 0 Å². The summed E-state index contributed by atoms with van der Waals surface area (Å²) in [5.74, 6) is -3.28. The molecule has 1 saturated carbocycles. The number of hydrogen-bond donors (Lipinski definition) is 2. The Morgan fingerprint density at radius 1 is 1.19 bits per heavy atom. The van der Waals surface area contributed by atoms with Crippen molar-refractivity contribution in [2.45, 2.75) is 44.1 Å². The van der Waals surface area contributed by atoms with Gasteiger partial charge in [0.05, 0.1) is 0 Å². The molecule has 0 bridgehead atoms. The van der Waals surface area contributed by atoms with Crippen molar-refractivity contribution in [1.82, 2.24) is 5.32 Å². The molecule has 2 N–H and O–H groups in total. The highest BCUT2D eigenvalue weighted by Crippen LogP contribution is 2.30. The summed E-state index contributed by atoms with van der Waals surface area (Å²) < 4.78 is 25.8. The van der Waals surface area contributed by atoms with Gasteiger partial charge in [-0.05, 0) is 37.0 Å². The molecule has 0 atom stereocenters. The molecule has 0 aliphatic heterocycles. The van der Waals surface area contributed by atoms with E-state index in [4.69, 9.17) is 0 Å². The van der Waals surface area contributed by atoms with E-state index in [9.17, 15) is 23.5 Å². The third kappa shape index (κ3) is 3.56. The summed E-state index contributed by atoms with van der Waals surface area (Å²) in [6.07, 6.45) is 2.68. The maximum Gasteiger partial charge on any atom is 0.329 e. The van der Waals surface area contributed by atoms with E-state index in [1.54, 1.807) is 0 Å². The van der Waals surface area contributed by atoms with Crippen LogP contribution >= 0.6 is 0 Å². The number of carbonyl (C=O) groups excluding carboxylic acids is 1. The second-order valence-corrected chi connectivity index (χ2v) is 5.39. The molecule has 21 heavy (non-hydrogen) atoms. The van der Waals surface area contributed by atoms with E-state index < -0.39 is 23.1 Å². The fourth-order valence-electron chi connectivity index (χ4n) is 2.65.